The van der Waals surface area contributed by atoms with Crippen molar-refractivity contribution in [2.45, 2.75) is 25.3 Å². The normalized spacial score (nSPS) is 18.3. The van der Waals surface area contributed by atoms with Crippen molar-refractivity contribution < 1.29 is 14.0 Å². The number of nitrogen functional groups attached to an aromatic ring is 1. The number of hydrogen-bond acceptors (Lipinski definition) is 8. The Balaban J connectivity index is 1.21. The Hall–Kier alpha value is -3.96. The van der Waals surface area contributed by atoms with Gasteiger partial charge in [0.05, 0.1) is 17.0 Å². The molecule has 0 spiro atoms. The van der Waals surface area contributed by atoms with Crippen molar-refractivity contribution in [3.8, 4) is 0 Å². The molecular formula is C26H27ClN8O3. The lowest BCUT2D eigenvalue weighted by molar-refractivity contribution is -0.125. The molecule has 196 valence electrons. The number of anilines is 2. The van der Waals surface area contributed by atoms with E-state index in [9.17, 15) is 9.59 Å². The van der Waals surface area contributed by atoms with Crippen LogP contribution in [0.1, 0.15) is 35.7 Å². The van der Waals surface area contributed by atoms with E-state index in [0.29, 0.717) is 45.8 Å². The van der Waals surface area contributed by atoms with E-state index in [4.69, 9.17) is 21.8 Å². The zero-order valence-electron chi connectivity index (χ0n) is 20.6. The molecule has 0 unspecified atom stereocenters. The zero-order chi connectivity index (χ0) is 26.2. The average molecular weight is 535 g/mol. The van der Waals surface area contributed by atoms with Gasteiger partial charge in [-0.05, 0) is 50.6 Å². The van der Waals surface area contributed by atoms with Crippen LogP contribution in [0.15, 0.2) is 47.3 Å². The quantitative estimate of drug-likeness (QED) is 0.359. The Labute approximate surface area is 223 Å². The Kier molecular flexibility index (Phi) is 6.46. The summed E-state index contributed by atoms with van der Waals surface area (Å²) in [5.74, 6) is -0.269. The lowest BCUT2D eigenvalue weighted by Gasteiger charge is -2.16. The molecule has 11 nitrogen and oxygen atoms in total. The SMILES string of the molecule is Nc1ncnc2c1c(C(=O)Nc1nc3cc(Cl)ccc3o1)cn2[C@@H]1CCN(C(=O)/C=C/CN2CCCC2)C1. The van der Waals surface area contributed by atoms with Crippen LogP contribution in [-0.4, -0.2) is 73.9 Å². The maximum absolute atomic E-state index is 13.3. The second-order valence-electron chi connectivity index (χ2n) is 9.63. The smallest absolute Gasteiger partial charge is 0.302 e. The van der Waals surface area contributed by atoms with Crippen LogP contribution in [0.4, 0.5) is 11.8 Å². The number of nitrogens with two attached hydrogens (primary N) is 1. The number of aromatic nitrogens is 4. The topological polar surface area (TPSA) is 135 Å². The van der Waals surface area contributed by atoms with Crippen LogP contribution in [0.5, 0.6) is 0 Å². The average Bonchev–Trinajstić information content (AvgIpc) is 3.69. The first-order chi connectivity index (χ1) is 18.5. The van der Waals surface area contributed by atoms with Crippen LogP contribution in [-0.2, 0) is 4.79 Å². The molecule has 0 saturated carbocycles. The molecule has 12 heteroatoms. The van der Waals surface area contributed by atoms with Gasteiger partial charge in [-0.1, -0.05) is 17.7 Å². The third kappa shape index (κ3) is 4.70. The fourth-order valence-electron chi connectivity index (χ4n) is 5.22. The number of halogens is 1. The molecule has 2 aliphatic heterocycles. The summed E-state index contributed by atoms with van der Waals surface area (Å²) in [7, 11) is 0. The fourth-order valence-corrected chi connectivity index (χ4v) is 5.39. The number of likely N-dealkylation sites (tertiary alicyclic amines) is 2. The van der Waals surface area contributed by atoms with Gasteiger partial charge in [-0.25, -0.2) is 9.97 Å². The van der Waals surface area contributed by atoms with Gasteiger partial charge >= 0.3 is 6.01 Å². The van der Waals surface area contributed by atoms with E-state index in [2.05, 4.69) is 25.2 Å². The number of carbonyl (C=O) groups is 2. The van der Waals surface area contributed by atoms with Gasteiger partial charge in [0.1, 0.15) is 23.3 Å². The largest absolute Gasteiger partial charge is 0.423 e. The second-order valence-corrected chi connectivity index (χ2v) is 10.1. The summed E-state index contributed by atoms with van der Waals surface area (Å²) >= 11 is 6.03. The number of fused-ring (bicyclic) bond motifs is 2. The number of amides is 2. The summed E-state index contributed by atoms with van der Waals surface area (Å²) in [6, 6.07) is 5.01. The van der Waals surface area contributed by atoms with Crippen LogP contribution in [0.3, 0.4) is 0 Å². The Morgan fingerprint density at radius 1 is 1.21 bits per heavy atom. The molecule has 0 radical (unpaired) electrons. The number of benzene rings is 1. The van der Waals surface area contributed by atoms with Crippen molar-refractivity contribution in [2.75, 3.05) is 43.8 Å². The minimum absolute atomic E-state index is 0.00803. The summed E-state index contributed by atoms with van der Waals surface area (Å²) in [5, 5.41) is 3.66. The fraction of sp³-hybridized carbons (Fsp3) is 0.346. The van der Waals surface area contributed by atoms with Crippen molar-refractivity contribution >= 4 is 57.4 Å². The lowest BCUT2D eigenvalue weighted by Crippen LogP contribution is -2.28. The predicted octanol–water partition coefficient (Wildman–Crippen LogP) is 3.49. The maximum atomic E-state index is 13.3. The van der Waals surface area contributed by atoms with Gasteiger partial charge in [0.15, 0.2) is 5.58 Å². The minimum Gasteiger partial charge on any atom is -0.423 e. The molecular weight excluding hydrogens is 508 g/mol. The van der Waals surface area contributed by atoms with Crippen LogP contribution in [0.25, 0.3) is 22.1 Å². The van der Waals surface area contributed by atoms with E-state index >= 15 is 0 Å². The summed E-state index contributed by atoms with van der Waals surface area (Å²) in [5.41, 5.74) is 8.05. The van der Waals surface area contributed by atoms with Crippen LogP contribution in [0.2, 0.25) is 5.02 Å². The molecule has 1 aromatic carbocycles. The van der Waals surface area contributed by atoms with Gasteiger partial charge < -0.3 is 19.6 Å². The summed E-state index contributed by atoms with van der Waals surface area (Å²) in [4.78, 5) is 43.1. The first-order valence-electron chi connectivity index (χ1n) is 12.6. The zero-order valence-corrected chi connectivity index (χ0v) is 21.4. The van der Waals surface area contributed by atoms with E-state index in [1.165, 1.54) is 19.2 Å². The van der Waals surface area contributed by atoms with Crippen molar-refractivity contribution in [2.24, 2.45) is 0 Å². The second kappa shape index (κ2) is 10.1. The number of oxazole rings is 1. The highest BCUT2D eigenvalue weighted by Crippen LogP contribution is 2.32. The van der Waals surface area contributed by atoms with Crippen molar-refractivity contribution in [1.82, 2.24) is 29.3 Å². The summed E-state index contributed by atoms with van der Waals surface area (Å²) < 4.78 is 7.56. The highest BCUT2D eigenvalue weighted by atomic mass is 35.5. The Bertz CT molecular complexity index is 1550. The van der Waals surface area contributed by atoms with Gasteiger partial charge in [-0.3, -0.25) is 19.8 Å². The van der Waals surface area contributed by atoms with Gasteiger partial charge in [0.2, 0.25) is 5.91 Å². The first-order valence-corrected chi connectivity index (χ1v) is 13.0. The Morgan fingerprint density at radius 2 is 2.05 bits per heavy atom. The molecule has 5 heterocycles. The lowest BCUT2D eigenvalue weighted by atomic mass is 10.2. The van der Waals surface area contributed by atoms with E-state index in [0.717, 1.165) is 26.1 Å². The number of carbonyl (C=O) groups excluding carboxylic acids is 2. The van der Waals surface area contributed by atoms with Crippen LogP contribution >= 0.6 is 11.6 Å². The molecule has 3 N–H and O–H groups in total. The Morgan fingerprint density at radius 3 is 2.89 bits per heavy atom. The van der Waals surface area contributed by atoms with E-state index in [1.54, 1.807) is 30.5 Å². The molecule has 1 atom stereocenters. The first kappa shape index (κ1) is 24.4. The third-order valence-electron chi connectivity index (χ3n) is 7.14. The third-order valence-corrected chi connectivity index (χ3v) is 7.38. The predicted molar refractivity (Wildman–Crippen MR) is 144 cm³/mol. The molecule has 6 rings (SSSR count). The van der Waals surface area contributed by atoms with E-state index in [-0.39, 0.29) is 23.8 Å². The standard InChI is InChI=1S/C26H27ClN8O3/c27-16-5-6-20-19(12-16)31-26(38-20)32-25(37)18-14-35(24-22(18)23(28)29-15-30-24)17-7-11-34(13-17)21(36)4-3-10-33-8-1-2-9-33/h3-6,12,14-15,17H,1-2,7-11,13H2,(H2,28,29,30)(H,31,32,37)/b4-3+/t17-/m1/s1. The molecule has 0 aliphatic carbocycles. The highest BCUT2D eigenvalue weighted by Gasteiger charge is 2.30. The minimum atomic E-state index is -0.455. The molecule has 2 saturated heterocycles. The van der Waals surface area contributed by atoms with Gasteiger partial charge in [0, 0.05) is 36.9 Å². The summed E-state index contributed by atoms with van der Waals surface area (Å²) in [6.45, 7) is 4.10. The van der Waals surface area contributed by atoms with Crippen molar-refractivity contribution in [3.05, 3.63) is 53.5 Å². The number of hydrogen-bond donors (Lipinski definition) is 2. The van der Waals surface area contributed by atoms with Gasteiger partial charge in [-0.15, -0.1) is 0 Å². The molecule has 2 aliphatic rings. The van der Waals surface area contributed by atoms with Crippen LogP contribution < -0.4 is 11.1 Å². The van der Waals surface area contributed by atoms with Crippen molar-refractivity contribution in [1.29, 1.82) is 0 Å². The molecule has 38 heavy (non-hydrogen) atoms. The molecule has 2 amide bonds. The molecule has 2 fully saturated rings. The molecule has 3 aromatic heterocycles. The maximum Gasteiger partial charge on any atom is 0.302 e. The van der Waals surface area contributed by atoms with E-state index < -0.39 is 5.91 Å². The monoisotopic (exact) mass is 534 g/mol. The molecule has 0 bridgehead atoms. The number of nitrogens with one attached hydrogen (secondary N) is 1. The van der Waals surface area contributed by atoms with E-state index in [1.807, 2.05) is 15.5 Å². The van der Waals surface area contributed by atoms with Gasteiger partial charge in [-0.2, -0.15) is 4.98 Å². The molecule has 4 aromatic rings. The highest BCUT2D eigenvalue weighted by molar-refractivity contribution is 6.31. The summed E-state index contributed by atoms with van der Waals surface area (Å²) in [6.07, 6.45) is 9.87. The van der Waals surface area contributed by atoms with Gasteiger partial charge in [0.25, 0.3) is 5.91 Å². The van der Waals surface area contributed by atoms with Crippen molar-refractivity contribution in [3.63, 3.8) is 0 Å². The van der Waals surface area contributed by atoms with Crippen LogP contribution in [0, 0.1) is 0 Å². The number of rotatable bonds is 6. The number of nitrogens with zero attached hydrogens (tertiary/aromatic N) is 6.